The number of fused-ring (bicyclic) bond motifs is 1. The van der Waals surface area contributed by atoms with Crippen LogP contribution in [0.2, 0.25) is 0 Å². The molecule has 0 saturated carbocycles. The molecule has 1 N–H and O–H groups in total. The monoisotopic (exact) mass is 347 g/mol. The van der Waals surface area contributed by atoms with E-state index in [0.29, 0.717) is 12.0 Å². The third-order valence-electron chi connectivity index (χ3n) is 5.08. The minimum Gasteiger partial charge on any atom is -0.339 e. The first-order chi connectivity index (χ1) is 12.7. The summed E-state index contributed by atoms with van der Waals surface area (Å²) in [4.78, 5) is 27.2. The molecule has 5 heteroatoms. The van der Waals surface area contributed by atoms with E-state index in [9.17, 15) is 9.59 Å². The highest BCUT2D eigenvalue weighted by Crippen LogP contribution is 2.24. The molecule has 0 spiro atoms. The highest BCUT2D eigenvalue weighted by atomic mass is 16.2. The number of ketones is 1. The van der Waals surface area contributed by atoms with E-state index in [1.165, 1.54) is 0 Å². The predicted molar refractivity (Wildman–Crippen MR) is 99.9 cm³/mol. The van der Waals surface area contributed by atoms with Gasteiger partial charge in [0.05, 0.1) is 17.6 Å². The maximum Gasteiger partial charge on any atom is 0.228 e. The molecular weight excluding hydrogens is 326 g/mol. The molecule has 1 saturated heterocycles. The Morgan fingerprint density at radius 2 is 1.85 bits per heavy atom. The van der Waals surface area contributed by atoms with Crippen LogP contribution in [0.15, 0.2) is 54.6 Å². The summed E-state index contributed by atoms with van der Waals surface area (Å²) in [6.07, 6.45) is 2.51. The molecule has 1 aliphatic rings. The van der Waals surface area contributed by atoms with Crippen molar-refractivity contribution in [3.05, 3.63) is 65.9 Å². The number of nitrogens with one attached hydrogen (secondary N) is 1. The first-order valence-corrected chi connectivity index (χ1v) is 9.02. The number of amides is 1. The fourth-order valence-corrected chi connectivity index (χ4v) is 3.73. The van der Waals surface area contributed by atoms with Gasteiger partial charge in [-0.25, -0.2) is 0 Å². The molecule has 0 radical (unpaired) electrons. The fourth-order valence-electron chi connectivity index (χ4n) is 3.73. The first kappa shape index (κ1) is 16.5. The minimum atomic E-state index is -0.00982. The number of benzene rings is 2. The molecule has 1 fully saturated rings. The normalized spacial score (nSPS) is 16.9. The lowest BCUT2D eigenvalue weighted by Gasteiger charge is -2.24. The van der Waals surface area contributed by atoms with Crippen LogP contribution in [0.5, 0.6) is 0 Å². The molecule has 1 aliphatic heterocycles. The van der Waals surface area contributed by atoms with E-state index < -0.39 is 0 Å². The van der Waals surface area contributed by atoms with Crippen molar-refractivity contribution < 1.29 is 9.59 Å². The Labute approximate surface area is 152 Å². The highest BCUT2D eigenvalue weighted by molar-refractivity contribution is 5.97. The average molecular weight is 347 g/mol. The summed E-state index contributed by atoms with van der Waals surface area (Å²) < 4.78 is 0. The van der Waals surface area contributed by atoms with E-state index in [1.807, 2.05) is 59.5 Å². The number of H-pyrrole nitrogens is 1. The maximum absolute atomic E-state index is 12.9. The summed E-state index contributed by atoms with van der Waals surface area (Å²) in [6.45, 7) is 0.720. The Morgan fingerprint density at radius 1 is 1.08 bits per heavy atom. The van der Waals surface area contributed by atoms with E-state index in [1.54, 1.807) is 0 Å². The largest absolute Gasteiger partial charge is 0.339 e. The number of carbonyl (C=O) groups excluding carboxylic acids is 2. The quantitative estimate of drug-likeness (QED) is 0.720. The average Bonchev–Trinajstić information content (AvgIpc) is 3.30. The van der Waals surface area contributed by atoms with E-state index in [4.69, 9.17) is 0 Å². The van der Waals surface area contributed by atoms with Crippen molar-refractivity contribution in [2.75, 3.05) is 6.54 Å². The molecule has 4 rings (SSSR count). The number of rotatable bonds is 5. The molecule has 1 atom stereocenters. The molecule has 26 heavy (non-hydrogen) atoms. The lowest BCUT2D eigenvalue weighted by atomic mass is 10.0. The summed E-state index contributed by atoms with van der Waals surface area (Å²) in [5, 5.41) is 8.22. The lowest BCUT2D eigenvalue weighted by Crippen LogP contribution is -2.37. The zero-order valence-corrected chi connectivity index (χ0v) is 14.5. The molecular formula is C21H21N3O2. The molecule has 3 aromatic rings. The van der Waals surface area contributed by atoms with Crippen molar-refractivity contribution in [3.8, 4) is 0 Å². The zero-order chi connectivity index (χ0) is 17.9. The van der Waals surface area contributed by atoms with E-state index in [-0.39, 0.29) is 24.2 Å². The number of aromatic amines is 1. The van der Waals surface area contributed by atoms with Gasteiger partial charge in [0.15, 0.2) is 5.78 Å². The topological polar surface area (TPSA) is 66.1 Å². The smallest absolute Gasteiger partial charge is 0.228 e. The van der Waals surface area contributed by atoms with E-state index in [0.717, 1.165) is 36.0 Å². The number of aromatic nitrogens is 2. The van der Waals surface area contributed by atoms with Gasteiger partial charge in [-0.2, -0.15) is 5.10 Å². The van der Waals surface area contributed by atoms with E-state index >= 15 is 0 Å². The Morgan fingerprint density at radius 3 is 2.69 bits per heavy atom. The maximum atomic E-state index is 12.9. The molecule has 2 aromatic carbocycles. The number of likely N-dealkylation sites (tertiary alicyclic amines) is 1. The number of carbonyl (C=O) groups is 2. The predicted octanol–water partition coefficient (Wildman–Crippen LogP) is 3.37. The molecule has 1 unspecified atom stereocenters. The molecule has 2 heterocycles. The SMILES string of the molecule is O=C(CC1CCCN1C(=O)Cc1[nH]nc2ccccc12)c1ccccc1. The van der Waals surface area contributed by atoms with Gasteiger partial charge in [-0.05, 0) is 18.9 Å². The van der Waals surface area contributed by atoms with Crippen LogP contribution in [0.4, 0.5) is 0 Å². The van der Waals surface area contributed by atoms with Gasteiger partial charge >= 0.3 is 0 Å². The van der Waals surface area contributed by atoms with Gasteiger partial charge < -0.3 is 4.90 Å². The van der Waals surface area contributed by atoms with Gasteiger partial charge in [-0.15, -0.1) is 0 Å². The van der Waals surface area contributed by atoms with Crippen LogP contribution in [-0.4, -0.2) is 39.4 Å². The van der Waals surface area contributed by atoms with Crippen molar-refractivity contribution in [2.45, 2.75) is 31.7 Å². The van der Waals surface area contributed by atoms with Crippen LogP contribution in [0.25, 0.3) is 10.9 Å². The summed E-state index contributed by atoms with van der Waals surface area (Å²) in [5.41, 5.74) is 2.42. The fraction of sp³-hybridized carbons (Fsp3) is 0.286. The third-order valence-corrected chi connectivity index (χ3v) is 5.08. The van der Waals surface area contributed by atoms with Gasteiger partial charge in [-0.3, -0.25) is 14.7 Å². The van der Waals surface area contributed by atoms with Gasteiger partial charge in [0.2, 0.25) is 5.91 Å². The molecule has 0 aliphatic carbocycles. The van der Waals surface area contributed by atoms with Crippen molar-refractivity contribution in [3.63, 3.8) is 0 Å². The molecule has 0 bridgehead atoms. The number of Topliss-reactive ketones (excluding diaryl/α,β-unsaturated/α-hetero) is 1. The Bertz CT molecular complexity index is 933. The Balaban J connectivity index is 1.46. The first-order valence-electron chi connectivity index (χ1n) is 9.02. The van der Waals surface area contributed by atoms with Crippen LogP contribution in [0.3, 0.4) is 0 Å². The van der Waals surface area contributed by atoms with Gasteiger partial charge in [0, 0.05) is 30.0 Å². The van der Waals surface area contributed by atoms with Gasteiger partial charge in [-0.1, -0.05) is 48.5 Å². The third kappa shape index (κ3) is 3.25. The summed E-state index contributed by atoms with van der Waals surface area (Å²) in [7, 11) is 0. The van der Waals surface area contributed by atoms with Crippen molar-refractivity contribution in [1.29, 1.82) is 0 Å². The molecule has 1 aromatic heterocycles. The van der Waals surface area contributed by atoms with Crippen molar-refractivity contribution in [1.82, 2.24) is 15.1 Å². The van der Waals surface area contributed by atoms with Gasteiger partial charge in [0.1, 0.15) is 0 Å². The van der Waals surface area contributed by atoms with Crippen molar-refractivity contribution >= 4 is 22.6 Å². The molecule has 1 amide bonds. The number of para-hydroxylation sites is 1. The van der Waals surface area contributed by atoms with Crippen LogP contribution in [0, 0.1) is 0 Å². The van der Waals surface area contributed by atoms with Crippen molar-refractivity contribution in [2.24, 2.45) is 0 Å². The van der Waals surface area contributed by atoms with Crippen LogP contribution >= 0.6 is 0 Å². The minimum absolute atomic E-state index is 0.00982. The second-order valence-corrected chi connectivity index (χ2v) is 6.77. The van der Waals surface area contributed by atoms with Crippen LogP contribution < -0.4 is 0 Å². The Kier molecular flexibility index (Phi) is 4.52. The molecule has 5 nitrogen and oxygen atoms in total. The second-order valence-electron chi connectivity index (χ2n) is 6.77. The van der Waals surface area contributed by atoms with E-state index in [2.05, 4.69) is 10.2 Å². The zero-order valence-electron chi connectivity index (χ0n) is 14.5. The Hall–Kier alpha value is -2.95. The number of hydrogen-bond acceptors (Lipinski definition) is 3. The summed E-state index contributed by atoms with van der Waals surface area (Å²) >= 11 is 0. The van der Waals surface area contributed by atoms with Gasteiger partial charge in [0.25, 0.3) is 0 Å². The lowest BCUT2D eigenvalue weighted by molar-refractivity contribution is -0.131. The summed E-state index contributed by atoms with van der Waals surface area (Å²) in [6, 6.07) is 17.1. The number of hydrogen-bond donors (Lipinski definition) is 1. The highest BCUT2D eigenvalue weighted by Gasteiger charge is 2.30. The molecule has 132 valence electrons. The second kappa shape index (κ2) is 7.12. The summed E-state index contributed by atoms with van der Waals surface area (Å²) in [5.74, 6) is 0.157. The van der Waals surface area contributed by atoms with Crippen LogP contribution in [0.1, 0.15) is 35.3 Å². The standard InChI is InChI=1S/C21H21N3O2/c25-20(15-7-2-1-3-8-15)13-16-9-6-12-24(16)21(26)14-19-17-10-4-5-11-18(17)22-23-19/h1-5,7-8,10-11,16H,6,9,12-14H2,(H,22,23). The number of nitrogens with zero attached hydrogens (tertiary/aromatic N) is 2. The van der Waals surface area contributed by atoms with Crippen LogP contribution in [-0.2, 0) is 11.2 Å².